The highest BCUT2D eigenvalue weighted by atomic mass is 19.3. The summed E-state index contributed by atoms with van der Waals surface area (Å²) in [7, 11) is 0. The lowest BCUT2D eigenvalue weighted by Gasteiger charge is -2.22. The van der Waals surface area contributed by atoms with Crippen LogP contribution in [0.1, 0.15) is 36.0 Å². The van der Waals surface area contributed by atoms with Crippen LogP contribution >= 0.6 is 0 Å². The molecule has 0 unspecified atom stereocenters. The van der Waals surface area contributed by atoms with Gasteiger partial charge in [0, 0.05) is 12.7 Å². The first kappa shape index (κ1) is 15.6. The monoisotopic (exact) mass is 300 g/mol. The quantitative estimate of drug-likeness (QED) is 0.840. The Hall–Kier alpha value is -1.76. The lowest BCUT2D eigenvalue weighted by Crippen LogP contribution is -2.40. The van der Waals surface area contributed by atoms with Crippen molar-refractivity contribution in [2.24, 2.45) is 0 Å². The number of ether oxygens (including phenoxy) is 1. The van der Waals surface area contributed by atoms with Gasteiger partial charge in [0.05, 0.1) is 5.60 Å². The Morgan fingerprint density at radius 3 is 2.86 bits per heavy atom. The fourth-order valence-electron chi connectivity index (χ4n) is 2.37. The second-order valence-corrected chi connectivity index (χ2v) is 5.17. The van der Waals surface area contributed by atoms with Gasteiger partial charge in [0.2, 0.25) is 5.88 Å². The number of nitrogens with one attached hydrogen (secondary N) is 1. The summed E-state index contributed by atoms with van der Waals surface area (Å²) < 4.78 is 29.2. The van der Waals surface area contributed by atoms with Gasteiger partial charge in [-0.25, -0.2) is 13.8 Å². The van der Waals surface area contributed by atoms with Crippen molar-refractivity contribution in [3.05, 3.63) is 23.9 Å². The Morgan fingerprint density at radius 2 is 2.19 bits per heavy atom. The third kappa shape index (κ3) is 4.35. The summed E-state index contributed by atoms with van der Waals surface area (Å²) in [5.74, 6) is -0.624. The van der Waals surface area contributed by atoms with Crippen LogP contribution in [0, 0.1) is 0 Å². The number of amides is 1. The number of halogens is 2. The van der Waals surface area contributed by atoms with Crippen molar-refractivity contribution in [3.8, 4) is 5.88 Å². The summed E-state index contributed by atoms with van der Waals surface area (Å²) in [5.41, 5.74) is -0.790. The fraction of sp³-hybridized carbons (Fsp3) is 0.571. The summed E-state index contributed by atoms with van der Waals surface area (Å²) in [4.78, 5) is 15.9. The third-order valence-electron chi connectivity index (χ3n) is 3.47. The summed E-state index contributed by atoms with van der Waals surface area (Å²) >= 11 is 0. The number of hydrogen-bond donors (Lipinski definition) is 2. The van der Waals surface area contributed by atoms with Crippen LogP contribution in [0.15, 0.2) is 18.3 Å². The van der Waals surface area contributed by atoms with Gasteiger partial charge in [-0.05, 0) is 25.0 Å². The van der Waals surface area contributed by atoms with Gasteiger partial charge in [-0.1, -0.05) is 12.8 Å². The van der Waals surface area contributed by atoms with Crippen LogP contribution in [0.2, 0.25) is 0 Å². The van der Waals surface area contributed by atoms with E-state index in [4.69, 9.17) is 4.74 Å². The maximum absolute atomic E-state index is 12.2. The molecule has 21 heavy (non-hydrogen) atoms. The summed E-state index contributed by atoms with van der Waals surface area (Å²) in [6.07, 6.45) is 1.89. The Bertz CT molecular complexity index is 491. The number of pyridine rings is 1. The first-order chi connectivity index (χ1) is 10.0. The van der Waals surface area contributed by atoms with Crippen LogP contribution in [0.5, 0.6) is 5.88 Å². The normalized spacial score (nSPS) is 17.0. The second-order valence-electron chi connectivity index (χ2n) is 5.17. The molecule has 0 atom stereocenters. The number of nitrogens with zero attached hydrogens (tertiary/aromatic N) is 1. The minimum atomic E-state index is -2.64. The SMILES string of the molecule is O=C(NCC1(O)CCCC1)c1cccnc1OCC(F)F. The number of aliphatic hydroxyl groups is 1. The lowest BCUT2D eigenvalue weighted by atomic mass is 10.0. The topological polar surface area (TPSA) is 71.5 Å². The van der Waals surface area contributed by atoms with E-state index in [1.54, 1.807) is 0 Å². The van der Waals surface area contributed by atoms with E-state index in [9.17, 15) is 18.7 Å². The van der Waals surface area contributed by atoms with Crippen LogP contribution in [0.4, 0.5) is 8.78 Å². The molecule has 1 fully saturated rings. The number of hydrogen-bond acceptors (Lipinski definition) is 4. The molecule has 1 aromatic rings. The standard InChI is InChI=1S/C14H18F2N2O3/c15-11(16)8-21-13-10(4-3-7-17-13)12(19)18-9-14(20)5-1-2-6-14/h3-4,7,11,20H,1-2,5-6,8-9H2,(H,18,19). The van der Waals surface area contributed by atoms with E-state index in [0.29, 0.717) is 12.8 Å². The largest absolute Gasteiger partial charge is 0.471 e. The minimum Gasteiger partial charge on any atom is -0.471 e. The van der Waals surface area contributed by atoms with Crippen LogP contribution in [-0.2, 0) is 0 Å². The summed E-state index contributed by atoms with van der Waals surface area (Å²) in [6, 6.07) is 2.97. The van der Waals surface area contributed by atoms with E-state index in [0.717, 1.165) is 12.8 Å². The van der Waals surface area contributed by atoms with Gasteiger partial charge in [-0.3, -0.25) is 4.79 Å². The van der Waals surface area contributed by atoms with Crippen LogP contribution in [-0.4, -0.2) is 41.2 Å². The highest BCUT2D eigenvalue weighted by Gasteiger charge is 2.31. The Morgan fingerprint density at radius 1 is 1.48 bits per heavy atom. The van der Waals surface area contributed by atoms with Crippen molar-refractivity contribution in [1.82, 2.24) is 10.3 Å². The van der Waals surface area contributed by atoms with Crippen LogP contribution in [0.25, 0.3) is 0 Å². The lowest BCUT2D eigenvalue weighted by molar-refractivity contribution is 0.0447. The van der Waals surface area contributed by atoms with Crippen molar-refractivity contribution >= 4 is 5.91 Å². The highest BCUT2D eigenvalue weighted by Crippen LogP contribution is 2.28. The van der Waals surface area contributed by atoms with E-state index < -0.39 is 24.5 Å². The number of rotatable bonds is 6. The van der Waals surface area contributed by atoms with Gasteiger partial charge in [0.1, 0.15) is 5.56 Å². The molecule has 1 aliphatic carbocycles. The van der Waals surface area contributed by atoms with E-state index >= 15 is 0 Å². The molecule has 1 heterocycles. The average Bonchev–Trinajstić information content (AvgIpc) is 2.90. The van der Waals surface area contributed by atoms with Gasteiger partial charge in [-0.2, -0.15) is 0 Å². The van der Waals surface area contributed by atoms with E-state index in [2.05, 4.69) is 10.3 Å². The predicted molar refractivity (Wildman–Crippen MR) is 71.5 cm³/mol. The van der Waals surface area contributed by atoms with Crippen LogP contribution < -0.4 is 10.1 Å². The second kappa shape index (κ2) is 6.80. The molecule has 2 N–H and O–H groups in total. The fourth-order valence-corrected chi connectivity index (χ4v) is 2.37. The van der Waals surface area contributed by atoms with E-state index in [-0.39, 0.29) is 18.0 Å². The van der Waals surface area contributed by atoms with E-state index in [1.165, 1.54) is 18.3 Å². The zero-order chi connectivity index (χ0) is 15.3. The smallest absolute Gasteiger partial charge is 0.272 e. The Kier molecular flexibility index (Phi) is 5.06. The molecule has 1 aliphatic rings. The molecule has 0 spiro atoms. The maximum Gasteiger partial charge on any atom is 0.272 e. The number of carbonyl (C=O) groups excluding carboxylic acids is 1. The van der Waals surface area contributed by atoms with Gasteiger partial charge in [0.25, 0.3) is 12.3 Å². The minimum absolute atomic E-state index is 0.0831. The van der Waals surface area contributed by atoms with Crippen molar-refractivity contribution in [3.63, 3.8) is 0 Å². The van der Waals surface area contributed by atoms with Crippen LogP contribution in [0.3, 0.4) is 0 Å². The number of carbonyl (C=O) groups is 1. The third-order valence-corrected chi connectivity index (χ3v) is 3.47. The van der Waals surface area contributed by atoms with Crippen molar-refractivity contribution < 1.29 is 23.4 Å². The molecule has 0 aromatic carbocycles. The van der Waals surface area contributed by atoms with E-state index in [1.807, 2.05) is 0 Å². The van der Waals surface area contributed by atoms with Crippen molar-refractivity contribution in [2.75, 3.05) is 13.2 Å². The summed E-state index contributed by atoms with van der Waals surface area (Å²) in [6.45, 7) is -0.684. The van der Waals surface area contributed by atoms with Gasteiger partial charge in [0.15, 0.2) is 6.61 Å². The van der Waals surface area contributed by atoms with Gasteiger partial charge in [-0.15, -0.1) is 0 Å². The average molecular weight is 300 g/mol. The molecule has 0 saturated heterocycles. The first-order valence-electron chi connectivity index (χ1n) is 6.87. The summed E-state index contributed by atoms with van der Waals surface area (Å²) in [5, 5.41) is 12.8. The Labute approximate surface area is 121 Å². The molecule has 5 nitrogen and oxygen atoms in total. The molecule has 0 radical (unpaired) electrons. The number of alkyl halides is 2. The Balaban J connectivity index is 1.98. The zero-order valence-electron chi connectivity index (χ0n) is 11.5. The molecule has 1 amide bonds. The molecule has 1 aromatic heterocycles. The van der Waals surface area contributed by atoms with Crippen molar-refractivity contribution in [2.45, 2.75) is 37.7 Å². The molecule has 0 bridgehead atoms. The first-order valence-corrected chi connectivity index (χ1v) is 6.87. The molecule has 0 aliphatic heterocycles. The highest BCUT2D eigenvalue weighted by molar-refractivity contribution is 5.96. The molecule has 7 heteroatoms. The molecular formula is C14H18F2N2O3. The van der Waals surface area contributed by atoms with Crippen molar-refractivity contribution in [1.29, 1.82) is 0 Å². The number of aromatic nitrogens is 1. The predicted octanol–water partition coefficient (Wildman–Crippen LogP) is 1.76. The zero-order valence-corrected chi connectivity index (χ0v) is 11.5. The molecule has 1 saturated carbocycles. The molecule has 116 valence electrons. The molecule has 2 rings (SSSR count). The van der Waals surface area contributed by atoms with Gasteiger partial charge >= 0.3 is 0 Å². The maximum atomic E-state index is 12.2. The molecular weight excluding hydrogens is 282 g/mol. The van der Waals surface area contributed by atoms with Gasteiger partial charge < -0.3 is 15.2 Å².